The molecule has 1 atom stereocenters. The monoisotopic (exact) mass is 250 g/mol. The van der Waals surface area contributed by atoms with Crippen molar-refractivity contribution >= 4 is 5.78 Å². The van der Waals surface area contributed by atoms with Gasteiger partial charge in [0, 0.05) is 25.4 Å². The molecule has 3 heteroatoms. The smallest absolute Gasteiger partial charge is 0.140 e. The van der Waals surface area contributed by atoms with Crippen LogP contribution in [0.5, 0.6) is 0 Å². The Labute approximate surface area is 111 Å². The van der Waals surface area contributed by atoms with E-state index in [9.17, 15) is 4.79 Å². The number of aromatic nitrogens is 2. The van der Waals surface area contributed by atoms with Crippen molar-refractivity contribution in [3.05, 3.63) is 18.2 Å². The molecule has 0 amide bonds. The maximum absolute atomic E-state index is 12.1. The molecule has 0 fully saturated rings. The number of Topliss-reactive ketones (excluding diaryl/α,β-unsaturated/α-hetero) is 1. The summed E-state index contributed by atoms with van der Waals surface area (Å²) >= 11 is 0. The first-order valence-corrected chi connectivity index (χ1v) is 6.86. The van der Waals surface area contributed by atoms with Crippen LogP contribution in [0.4, 0.5) is 0 Å². The van der Waals surface area contributed by atoms with Crippen LogP contribution in [0.2, 0.25) is 0 Å². The molecule has 0 saturated carbocycles. The Bertz CT molecular complexity index is 387. The summed E-state index contributed by atoms with van der Waals surface area (Å²) < 4.78 is 2.08. The van der Waals surface area contributed by atoms with Crippen molar-refractivity contribution in [1.29, 1.82) is 0 Å². The predicted octanol–water partition coefficient (Wildman–Crippen LogP) is 3.48. The SMILES string of the molecule is CCCn1ccnc1CC(=O)CC(C)C(C)(C)C. The molecule has 0 bridgehead atoms. The van der Waals surface area contributed by atoms with E-state index in [0.717, 1.165) is 18.8 Å². The number of hydrogen-bond donors (Lipinski definition) is 0. The summed E-state index contributed by atoms with van der Waals surface area (Å²) in [5.74, 6) is 1.60. The van der Waals surface area contributed by atoms with Crippen LogP contribution in [0.25, 0.3) is 0 Å². The molecule has 0 saturated heterocycles. The van der Waals surface area contributed by atoms with E-state index >= 15 is 0 Å². The molecule has 1 aromatic rings. The number of hydrogen-bond acceptors (Lipinski definition) is 2. The molecule has 0 aliphatic rings. The minimum atomic E-state index is 0.189. The van der Waals surface area contributed by atoms with E-state index in [2.05, 4.69) is 44.2 Å². The molecule has 1 aromatic heterocycles. The zero-order chi connectivity index (χ0) is 13.8. The maximum atomic E-state index is 12.1. The van der Waals surface area contributed by atoms with Crippen LogP contribution in [0.15, 0.2) is 12.4 Å². The highest BCUT2D eigenvalue weighted by atomic mass is 16.1. The highest BCUT2D eigenvalue weighted by Gasteiger charge is 2.23. The van der Waals surface area contributed by atoms with Crippen LogP contribution < -0.4 is 0 Å². The van der Waals surface area contributed by atoms with E-state index in [-0.39, 0.29) is 5.41 Å². The lowest BCUT2D eigenvalue weighted by molar-refractivity contribution is -0.120. The fraction of sp³-hybridized carbons (Fsp3) is 0.733. The third-order valence-electron chi connectivity index (χ3n) is 3.63. The van der Waals surface area contributed by atoms with Gasteiger partial charge in [-0.05, 0) is 17.8 Å². The van der Waals surface area contributed by atoms with E-state index in [0.29, 0.717) is 24.5 Å². The van der Waals surface area contributed by atoms with Gasteiger partial charge in [-0.2, -0.15) is 0 Å². The topological polar surface area (TPSA) is 34.9 Å². The summed E-state index contributed by atoms with van der Waals surface area (Å²) in [6.45, 7) is 11.8. The van der Waals surface area contributed by atoms with Crippen LogP contribution in [-0.4, -0.2) is 15.3 Å². The summed E-state index contributed by atoms with van der Waals surface area (Å²) in [7, 11) is 0. The number of nitrogens with zero attached hydrogens (tertiary/aromatic N) is 2. The molecular weight excluding hydrogens is 224 g/mol. The zero-order valence-corrected chi connectivity index (χ0v) is 12.4. The van der Waals surface area contributed by atoms with Crippen LogP contribution >= 0.6 is 0 Å². The Hall–Kier alpha value is -1.12. The minimum absolute atomic E-state index is 0.189. The molecule has 102 valence electrons. The van der Waals surface area contributed by atoms with E-state index in [1.165, 1.54) is 0 Å². The Morgan fingerprint density at radius 1 is 1.44 bits per heavy atom. The number of ketones is 1. The first-order valence-electron chi connectivity index (χ1n) is 6.86. The molecule has 1 unspecified atom stereocenters. The van der Waals surface area contributed by atoms with Gasteiger partial charge in [-0.3, -0.25) is 4.79 Å². The summed E-state index contributed by atoms with van der Waals surface area (Å²) in [5, 5.41) is 0. The molecule has 1 heterocycles. The summed E-state index contributed by atoms with van der Waals surface area (Å²) in [6, 6.07) is 0. The normalized spacial score (nSPS) is 13.6. The van der Waals surface area contributed by atoms with Gasteiger partial charge in [0.1, 0.15) is 11.6 Å². The van der Waals surface area contributed by atoms with Crippen LogP contribution in [0.1, 0.15) is 53.3 Å². The molecule has 0 radical (unpaired) electrons. The number of imidazole rings is 1. The summed E-state index contributed by atoms with van der Waals surface area (Å²) in [5.41, 5.74) is 0.189. The van der Waals surface area contributed by atoms with Crippen molar-refractivity contribution in [2.45, 2.75) is 60.4 Å². The zero-order valence-electron chi connectivity index (χ0n) is 12.4. The molecule has 3 nitrogen and oxygen atoms in total. The standard InChI is InChI=1S/C15H26N2O/c1-6-8-17-9-7-16-14(17)11-13(18)10-12(2)15(3,4)5/h7,9,12H,6,8,10-11H2,1-5H3. The Morgan fingerprint density at radius 2 is 2.11 bits per heavy atom. The molecule has 0 spiro atoms. The molecule has 18 heavy (non-hydrogen) atoms. The fourth-order valence-electron chi connectivity index (χ4n) is 1.85. The average Bonchev–Trinajstić information content (AvgIpc) is 2.64. The van der Waals surface area contributed by atoms with Crippen LogP contribution in [0.3, 0.4) is 0 Å². The van der Waals surface area contributed by atoms with Gasteiger partial charge in [0.05, 0.1) is 6.42 Å². The lowest BCUT2D eigenvalue weighted by Gasteiger charge is -2.26. The second-order valence-corrected chi connectivity index (χ2v) is 6.22. The molecule has 0 aliphatic carbocycles. The van der Waals surface area contributed by atoms with E-state index in [1.807, 2.05) is 6.20 Å². The molecule has 1 rings (SSSR count). The van der Waals surface area contributed by atoms with Gasteiger partial charge in [-0.1, -0.05) is 34.6 Å². The molecule has 0 aliphatic heterocycles. The Morgan fingerprint density at radius 3 is 2.67 bits per heavy atom. The second-order valence-electron chi connectivity index (χ2n) is 6.22. The average molecular weight is 250 g/mol. The van der Waals surface area contributed by atoms with Crippen molar-refractivity contribution in [2.75, 3.05) is 0 Å². The molecular formula is C15H26N2O. The summed E-state index contributed by atoms with van der Waals surface area (Å²) in [6.07, 6.45) is 5.91. The number of rotatable bonds is 6. The van der Waals surface area contributed by atoms with Gasteiger partial charge in [0.2, 0.25) is 0 Å². The van der Waals surface area contributed by atoms with Crippen molar-refractivity contribution in [2.24, 2.45) is 11.3 Å². The fourth-order valence-corrected chi connectivity index (χ4v) is 1.85. The van der Waals surface area contributed by atoms with Gasteiger partial charge in [0.25, 0.3) is 0 Å². The van der Waals surface area contributed by atoms with Crippen LogP contribution in [-0.2, 0) is 17.8 Å². The number of carbonyl (C=O) groups excluding carboxylic acids is 1. The van der Waals surface area contributed by atoms with Crippen molar-refractivity contribution in [3.8, 4) is 0 Å². The quantitative estimate of drug-likeness (QED) is 0.774. The lowest BCUT2D eigenvalue weighted by atomic mass is 9.79. The lowest BCUT2D eigenvalue weighted by Crippen LogP contribution is -2.22. The first-order chi connectivity index (χ1) is 8.34. The number of carbonyl (C=O) groups is 1. The van der Waals surface area contributed by atoms with Gasteiger partial charge in [-0.25, -0.2) is 4.98 Å². The van der Waals surface area contributed by atoms with Crippen molar-refractivity contribution in [1.82, 2.24) is 9.55 Å². The second kappa shape index (κ2) is 6.17. The summed E-state index contributed by atoms with van der Waals surface area (Å²) in [4.78, 5) is 16.4. The highest BCUT2D eigenvalue weighted by Crippen LogP contribution is 2.28. The van der Waals surface area contributed by atoms with Gasteiger partial charge >= 0.3 is 0 Å². The van der Waals surface area contributed by atoms with Gasteiger partial charge in [-0.15, -0.1) is 0 Å². The van der Waals surface area contributed by atoms with Crippen molar-refractivity contribution in [3.63, 3.8) is 0 Å². The third kappa shape index (κ3) is 4.28. The highest BCUT2D eigenvalue weighted by molar-refractivity contribution is 5.80. The molecule has 0 aromatic carbocycles. The van der Waals surface area contributed by atoms with E-state index < -0.39 is 0 Å². The Kier molecular flexibility index (Phi) is 5.12. The third-order valence-corrected chi connectivity index (χ3v) is 3.63. The minimum Gasteiger partial charge on any atom is -0.335 e. The van der Waals surface area contributed by atoms with Crippen LogP contribution in [0, 0.1) is 11.3 Å². The van der Waals surface area contributed by atoms with E-state index in [1.54, 1.807) is 6.20 Å². The van der Waals surface area contributed by atoms with E-state index in [4.69, 9.17) is 0 Å². The predicted molar refractivity (Wildman–Crippen MR) is 74.5 cm³/mol. The van der Waals surface area contributed by atoms with Gasteiger partial charge in [0.15, 0.2) is 0 Å². The van der Waals surface area contributed by atoms with Gasteiger partial charge < -0.3 is 4.57 Å². The number of aryl methyl sites for hydroxylation is 1. The Balaban J connectivity index is 2.57. The first kappa shape index (κ1) is 14.9. The molecule has 0 N–H and O–H groups in total. The maximum Gasteiger partial charge on any atom is 0.140 e. The van der Waals surface area contributed by atoms with Crippen molar-refractivity contribution < 1.29 is 4.79 Å². The largest absolute Gasteiger partial charge is 0.335 e.